The Morgan fingerprint density at radius 1 is 0.880 bits per heavy atom. The van der Waals surface area contributed by atoms with Gasteiger partial charge in [0, 0.05) is 10.9 Å². The van der Waals surface area contributed by atoms with Gasteiger partial charge in [0.2, 0.25) is 0 Å². The first-order valence-electron chi connectivity index (χ1n) is 8.09. The van der Waals surface area contributed by atoms with Crippen LogP contribution in [0.25, 0.3) is 16.4 Å². The fourth-order valence-electron chi connectivity index (χ4n) is 2.67. The molecule has 1 atom stereocenters. The van der Waals surface area contributed by atoms with E-state index >= 15 is 0 Å². The summed E-state index contributed by atoms with van der Waals surface area (Å²) in [7, 11) is 0. The Morgan fingerprint density at radius 2 is 1.60 bits per heavy atom. The molecule has 0 N–H and O–H groups in total. The van der Waals surface area contributed by atoms with Crippen molar-refractivity contribution < 1.29 is 0 Å². The van der Waals surface area contributed by atoms with Gasteiger partial charge in [0.1, 0.15) is 0 Å². The standard InChI is InChI=1S/C20H17N3S2/c1-15(16-9-4-2-5-10-16)25-20-22-21-19(18-13-8-14-24-18)23(20)17-11-6-3-7-12-17/h2-15H,1H3. The highest BCUT2D eigenvalue weighted by Crippen LogP contribution is 2.37. The molecule has 0 aliphatic rings. The monoisotopic (exact) mass is 363 g/mol. The van der Waals surface area contributed by atoms with Crippen molar-refractivity contribution in [2.45, 2.75) is 17.3 Å². The molecule has 4 aromatic rings. The fraction of sp³-hybridized carbons (Fsp3) is 0.100. The minimum Gasteiger partial charge on any atom is -0.269 e. The van der Waals surface area contributed by atoms with Crippen molar-refractivity contribution in [3.8, 4) is 16.4 Å². The summed E-state index contributed by atoms with van der Waals surface area (Å²) in [6.07, 6.45) is 0. The molecule has 0 saturated carbocycles. The molecule has 3 nitrogen and oxygen atoms in total. The Kier molecular flexibility index (Phi) is 4.68. The van der Waals surface area contributed by atoms with Crippen LogP contribution in [0.4, 0.5) is 0 Å². The van der Waals surface area contributed by atoms with E-state index in [4.69, 9.17) is 0 Å². The number of thiophene rings is 1. The van der Waals surface area contributed by atoms with Gasteiger partial charge in [-0.2, -0.15) is 0 Å². The number of rotatable bonds is 5. The summed E-state index contributed by atoms with van der Waals surface area (Å²) < 4.78 is 2.15. The lowest BCUT2D eigenvalue weighted by atomic mass is 10.2. The topological polar surface area (TPSA) is 30.7 Å². The zero-order valence-electron chi connectivity index (χ0n) is 13.7. The van der Waals surface area contributed by atoms with E-state index in [0.29, 0.717) is 5.25 Å². The number of hydrogen-bond acceptors (Lipinski definition) is 4. The van der Waals surface area contributed by atoms with E-state index in [1.165, 1.54) is 5.56 Å². The first kappa shape index (κ1) is 16.1. The van der Waals surface area contributed by atoms with Crippen LogP contribution in [0.2, 0.25) is 0 Å². The van der Waals surface area contributed by atoms with Gasteiger partial charge < -0.3 is 0 Å². The smallest absolute Gasteiger partial charge is 0.196 e. The molecule has 0 bridgehead atoms. The minimum absolute atomic E-state index is 0.295. The number of benzene rings is 2. The summed E-state index contributed by atoms with van der Waals surface area (Å²) in [5.41, 5.74) is 2.37. The maximum Gasteiger partial charge on any atom is 0.196 e. The quantitative estimate of drug-likeness (QED) is 0.417. The molecule has 0 aliphatic heterocycles. The van der Waals surface area contributed by atoms with Crippen LogP contribution < -0.4 is 0 Å². The van der Waals surface area contributed by atoms with E-state index in [9.17, 15) is 0 Å². The van der Waals surface area contributed by atoms with E-state index < -0.39 is 0 Å². The van der Waals surface area contributed by atoms with E-state index in [-0.39, 0.29) is 0 Å². The van der Waals surface area contributed by atoms with Gasteiger partial charge in [-0.3, -0.25) is 4.57 Å². The van der Waals surface area contributed by atoms with Crippen molar-refractivity contribution in [3.05, 3.63) is 83.7 Å². The third-order valence-corrected chi connectivity index (χ3v) is 5.91. The van der Waals surface area contributed by atoms with Gasteiger partial charge in [-0.1, -0.05) is 66.4 Å². The average molecular weight is 364 g/mol. The molecule has 2 aromatic carbocycles. The maximum atomic E-state index is 4.50. The van der Waals surface area contributed by atoms with Crippen LogP contribution in [0.5, 0.6) is 0 Å². The molecule has 4 rings (SSSR count). The van der Waals surface area contributed by atoms with Crippen molar-refractivity contribution in [3.63, 3.8) is 0 Å². The first-order valence-corrected chi connectivity index (χ1v) is 9.85. The van der Waals surface area contributed by atoms with Crippen LogP contribution >= 0.6 is 23.1 Å². The van der Waals surface area contributed by atoms with E-state index in [0.717, 1.165) is 21.5 Å². The van der Waals surface area contributed by atoms with Crippen molar-refractivity contribution >= 4 is 23.1 Å². The molecule has 0 saturated heterocycles. The zero-order valence-corrected chi connectivity index (χ0v) is 15.4. The minimum atomic E-state index is 0.295. The second-order valence-electron chi connectivity index (χ2n) is 5.63. The lowest BCUT2D eigenvalue weighted by molar-refractivity contribution is 0.879. The molecule has 5 heteroatoms. The summed E-state index contributed by atoms with van der Waals surface area (Å²) in [4.78, 5) is 1.12. The van der Waals surface area contributed by atoms with Crippen molar-refractivity contribution in [2.24, 2.45) is 0 Å². The van der Waals surface area contributed by atoms with E-state index in [2.05, 4.69) is 69.5 Å². The van der Waals surface area contributed by atoms with Crippen molar-refractivity contribution in [1.29, 1.82) is 0 Å². The SMILES string of the molecule is CC(Sc1nnc(-c2cccs2)n1-c1ccccc1)c1ccccc1. The van der Waals surface area contributed by atoms with E-state index in [1.807, 2.05) is 30.3 Å². The summed E-state index contributed by atoms with van der Waals surface area (Å²) in [5, 5.41) is 12.3. The molecule has 124 valence electrons. The summed E-state index contributed by atoms with van der Waals surface area (Å²) in [6.45, 7) is 2.20. The van der Waals surface area contributed by atoms with Gasteiger partial charge in [-0.25, -0.2) is 0 Å². The second-order valence-corrected chi connectivity index (χ2v) is 7.88. The number of aromatic nitrogens is 3. The summed E-state index contributed by atoms with van der Waals surface area (Å²) >= 11 is 3.41. The molecule has 0 amide bonds. The Bertz CT molecular complexity index is 932. The Morgan fingerprint density at radius 3 is 2.28 bits per heavy atom. The Labute approximate surface area is 155 Å². The van der Waals surface area contributed by atoms with Crippen LogP contribution in [0, 0.1) is 0 Å². The van der Waals surface area contributed by atoms with Gasteiger partial charge >= 0.3 is 0 Å². The largest absolute Gasteiger partial charge is 0.269 e. The van der Waals surface area contributed by atoms with Gasteiger partial charge in [0.25, 0.3) is 0 Å². The molecular formula is C20H17N3S2. The molecular weight excluding hydrogens is 346 g/mol. The zero-order chi connectivity index (χ0) is 17.1. The third kappa shape index (κ3) is 3.38. The molecule has 25 heavy (non-hydrogen) atoms. The van der Waals surface area contributed by atoms with Gasteiger partial charge in [0.15, 0.2) is 11.0 Å². The van der Waals surface area contributed by atoms with Crippen LogP contribution in [-0.4, -0.2) is 14.8 Å². The number of para-hydroxylation sites is 1. The molecule has 0 spiro atoms. The van der Waals surface area contributed by atoms with Crippen LogP contribution in [0.3, 0.4) is 0 Å². The van der Waals surface area contributed by atoms with E-state index in [1.54, 1.807) is 23.1 Å². The Hall–Kier alpha value is -2.37. The number of nitrogens with zero attached hydrogens (tertiary/aromatic N) is 3. The van der Waals surface area contributed by atoms with Gasteiger partial charge in [-0.05, 0) is 36.1 Å². The Balaban J connectivity index is 1.75. The molecule has 2 aromatic heterocycles. The average Bonchev–Trinajstić information content (AvgIpc) is 3.32. The lowest BCUT2D eigenvalue weighted by Gasteiger charge is -2.13. The highest BCUT2D eigenvalue weighted by atomic mass is 32.2. The first-order chi connectivity index (χ1) is 12.3. The predicted octanol–water partition coefficient (Wildman–Crippen LogP) is 5.85. The van der Waals surface area contributed by atoms with Crippen molar-refractivity contribution in [1.82, 2.24) is 14.8 Å². The fourth-order valence-corrected chi connectivity index (χ4v) is 4.36. The van der Waals surface area contributed by atoms with Crippen LogP contribution in [0.1, 0.15) is 17.7 Å². The molecule has 1 unspecified atom stereocenters. The highest BCUT2D eigenvalue weighted by Gasteiger charge is 2.19. The van der Waals surface area contributed by atoms with Crippen LogP contribution in [0.15, 0.2) is 83.3 Å². The highest BCUT2D eigenvalue weighted by molar-refractivity contribution is 7.99. The van der Waals surface area contributed by atoms with Crippen molar-refractivity contribution in [2.75, 3.05) is 0 Å². The summed E-state index contributed by atoms with van der Waals surface area (Å²) in [6, 6.07) is 24.9. The number of hydrogen-bond donors (Lipinski definition) is 0. The molecule has 2 heterocycles. The predicted molar refractivity (Wildman–Crippen MR) is 105 cm³/mol. The number of thioether (sulfide) groups is 1. The maximum absolute atomic E-state index is 4.50. The normalized spacial score (nSPS) is 12.2. The van der Waals surface area contributed by atoms with Crippen LogP contribution in [-0.2, 0) is 0 Å². The third-order valence-electron chi connectivity index (χ3n) is 3.94. The van der Waals surface area contributed by atoms with Gasteiger partial charge in [-0.15, -0.1) is 21.5 Å². The molecule has 0 radical (unpaired) electrons. The van der Waals surface area contributed by atoms with Gasteiger partial charge in [0.05, 0.1) is 4.88 Å². The second kappa shape index (κ2) is 7.25. The lowest BCUT2D eigenvalue weighted by Crippen LogP contribution is -2.00. The molecule has 0 fully saturated rings. The summed E-state index contributed by atoms with van der Waals surface area (Å²) in [5.74, 6) is 0.893. The molecule has 0 aliphatic carbocycles.